The van der Waals surface area contributed by atoms with Gasteiger partial charge in [0.05, 0.1) is 0 Å². The molecule has 0 amide bonds. The van der Waals surface area contributed by atoms with Gasteiger partial charge in [-0.2, -0.15) is 0 Å². The summed E-state index contributed by atoms with van der Waals surface area (Å²) in [5, 5.41) is 0. The smallest absolute Gasteiger partial charge is 0.202 e. The lowest BCUT2D eigenvalue weighted by molar-refractivity contribution is 0.0609. The van der Waals surface area contributed by atoms with Crippen LogP contribution in [-0.4, -0.2) is 5.92 Å². The molecule has 0 nitrogen and oxygen atoms in total. The van der Waals surface area contributed by atoms with Crippen LogP contribution in [0.15, 0.2) is 11.6 Å². The van der Waals surface area contributed by atoms with Crippen molar-refractivity contribution in [2.45, 2.75) is 32.1 Å². The Hall–Kier alpha value is -0.400. The maximum atomic E-state index is 12.4. The second-order valence-corrected chi connectivity index (χ2v) is 2.51. The van der Waals surface area contributed by atoms with Crippen molar-refractivity contribution in [3.8, 4) is 0 Å². The Morgan fingerprint density at radius 3 is 2.44 bits per heavy atom. The van der Waals surface area contributed by atoms with Crippen LogP contribution in [0.3, 0.4) is 0 Å². The van der Waals surface area contributed by atoms with Crippen LogP contribution in [0, 0.1) is 0 Å². The number of hydrogen-bond donors (Lipinski definition) is 0. The zero-order chi connectivity index (χ0) is 6.91. The fourth-order valence-corrected chi connectivity index (χ4v) is 1.07. The second kappa shape index (κ2) is 2.09. The van der Waals surface area contributed by atoms with Gasteiger partial charge in [-0.05, 0) is 24.8 Å². The third-order valence-electron chi connectivity index (χ3n) is 1.60. The molecule has 0 spiro atoms. The van der Waals surface area contributed by atoms with Gasteiger partial charge in [0.25, 0.3) is 5.92 Å². The van der Waals surface area contributed by atoms with Crippen molar-refractivity contribution in [1.29, 1.82) is 0 Å². The maximum absolute atomic E-state index is 12.4. The fraction of sp³-hybridized carbons (Fsp3) is 0.714. The number of hydrogen-bond acceptors (Lipinski definition) is 0. The first kappa shape index (κ1) is 6.72. The fourth-order valence-electron chi connectivity index (χ4n) is 1.07. The lowest BCUT2D eigenvalue weighted by atomic mass is 10.1. The van der Waals surface area contributed by atoms with Gasteiger partial charge in [-0.1, -0.05) is 6.08 Å². The van der Waals surface area contributed by atoms with E-state index in [0.29, 0.717) is 12.0 Å². The van der Waals surface area contributed by atoms with E-state index < -0.39 is 5.92 Å². The molecule has 0 N–H and O–H groups in total. The molecule has 2 heteroatoms. The highest BCUT2D eigenvalue weighted by Crippen LogP contribution is 2.31. The molecule has 1 aliphatic rings. The molecule has 0 unspecified atom stereocenters. The predicted octanol–water partition coefficient (Wildman–Crippen LogP) is 2.75. The van der Waals surface area contributed by atoms with Gasteiger partial charge < -0.3 is 0 Å². The van der Waals surface area contributed by atoms with Crippen LogP contribution in [0.5, 0.6) is 0 Å². The van der Waals surface area contributed by atoms with Gasteiger partial charge in [0.2, 0.25) is 0 Å². The quantitative estimate of drug-likeness (QED) is 0.481. The van der Waals surface area contributed by atoms with Crippen molar-refractivity contribution in [2.24, 2.45) is 0 Å². The summed E-state index contributed by atoms with van der Waals surface area (Å²) >= 11 is 0. The maximum Gasteiger partial charge on any atom is 0.266 e. The minimum atomic E-state index is -2.56. The Balaban J connectivity index is 2.61. The van der Waals surface area contributed by atoms with Crippen LogP contribution in [0.4, 0.5) is 8.78 Å². The third kappa shape index (κ3) is 1.50. The Kier molecular flexibility index (Phi) is 1.56. The van der Waals surface area contributed by atoms with Crippen LogP contribution < -0.4 is 0 Å². The molecule has 0 aliphatic heterocycles. The second-order valence-electron chi connectivity index (χ2n) is 2.51. The predicted molar refractivity (Wildman–Crippen MR) is 32.6 cm³/mol. The Bertz CT molecular complexity index is 130. The molecule has 1 rings (SSSR count). The first-order chi connectivity index (χ1) is 4.11. The summed E-state index contributed by atoms with van der Waals surface area (Å²) in [6, 6.07) is 0. The molecule has 52 valence electrons. The number of alkyl halides is 2. The standard InChI is InChI=1S/C7H10F2/c1-7(8,9)6-4-2-3-5-6/h4H,2-3,5H2,1H3. The van der Waals surface area contributed by atoms with E-state index in [-0.39, 0.29) is 0 Å². The molecule has 1 aliphatic carbocycles. The molecular weight excluding hydrogens is 122 g/mol. The summed E-state index contributed by atoms with van der Waals surface area (Å²) in [5.74, 6) is -2.56. The number of halogens is 2. The molecule has 0 atom stereocenters. The Morgan fingerprint density at radius 1 is 1.56 bits per heavy atom. The molecular formula is C7H10F2. The van der Waals surface area contributed by atoms with Crippen LogP contribution in [0.25, 0.3) is 0 Å². The van der Waals surface area contributed by atoms with Crippen LogP contribution in [0.1, 0.15) is 26.2 Å². The van der Waals surface area contributed by atoms with Crippen molar-refractivity contribution in [3.05, 3.63) is 11.6 Å². The van der Waals surface area contributed by atoms with Crippen LogP contribution in [-0.2, 0) is 0 Å². The van der Waals surface area contributed by atoms with Crippen LogP contribution >= 0.6 is 0 Å². The van der Waals surface area contributed by atoms with Crippen molar-refractivity contribution in [1.82, 2.24) is 0 Å². The van der Waals surface area contributed by atoms with E-state index in [9.17, 15) is 8.78 Å². The number of rotatable bonds is 1. The lowest BCUT2D eigenvalue weighted by Gasteiger charge is -2.09. The Morgan fingerprint density at radius 2 is 2.22 bits per heavy atom. The highest BCUT2D eigenvalue weighted by molar-refractivity contribution is 5.15. The molecule has 0 bridgehead atoms. The third-order valence-corrected chi connectivity index (χ3v) is 1.60. The summed E-state index contributed by atoms with van der Waals surface area (Å²) in [6.07, 6.45) is 3.97. The highest BCUT2D eigenvalue weighted by atomic mass is 19.3. The molecule has 0 saturated carbocycles. The highest BCUT2D eigenvalue weighted by Gasteiger charge is 2.28. The summed E-state index contributed by atoms with van der Waals surface area (Å²) in [6.45, 7) is 0.962. The van der Waals surface area contributed by atoms with Gasteiger partial charge in [-0.25, -0.2) is 8.78 Å². The summed E-state index contributed by atoms with van der Waals surface area (Å²) < 4.78 is 24.7. The summed E-state index contributed by atoms with van der Waals surface area (Å²) in [5.41, 5.74) is 0.322. The zero-order valence-electron chi connectivity index (χ0n) is 5.45. The SMILES string of the molecule is CC(F)(F)C1=CCCC1. The summed E-state index contributed by atoms with van der Waals surface area (Å²) in [4.78, 5) is 0. The normalized spacial score (nSPS) is 20.1. The molecule has 0 fully saturated rings. The average molecular weight is 132 g/mol. The van der Waals surface area contributed by atoms with E-state index in [4.69, 9.17) is 0 Å². The van der Waals surface area contributed by atoms with Gasteiger partial charge in [0.15, 0.2) is 0 Å². The van der Waals surface area contributed by atoms with Gasteiger partial charge in [0.1, 0.15) is 0 Å². The summed E-state index contributed by atoms with van der Waals surface area (Å²) in [7, 11) is 0. The Labute approximate surface area is 53.6 Å². The van der Waals surface area contributed by atoms with E-state index >= 15 is 0 Å². The molecule has 0 saturated heterocycles. The van der Waals surface area contributed by atoms with Gasteiger partial charge in [-0.3, -0.25) is 0 Å². The molecule has 0 aromatic rings. The van der Waals surface area contributed by atoms with Crippen molar-refractivity contribution in [2.75, 3.05) is 0 Å². The topological polar surface area (TPSA) is 0 Å². The van der Waals surface area contributed by atoms with Crippen LogP contribution in [0.2, 0.25) is 0 Å². The molecule has 0 aromatic carbocycles. The van der Waals surface area contributed by atoms with E-state index in [1.54, 1.807) is 6.08 Å². The van der Waals surface area contributed by atoms with Gasteiger partial charge in [-0.15, -0.1) is 0 Å². The van der Waals surface area contributed by atoms with E-state index in [1.807, 2.05) is 0 Å². The average Bonchev–Trinajstić information content (AvgIpc) is 2.08. The first-order valence-corrected chi connectivity index (χ1v) is 3.18. The van der Waals surface area contributed by atoms with E-state index in [1.165, 1.54) is 0 Å². The molecule has 9 heavy (non-hydrogen) atoms. The van der Waals surface area contributed by atoms with Crippen molar-refractivity contribution >= 4 is 0 Å². The molecule has 0 aromatic heterocycles. The zero-order valence-corrected chi connectivity index (χ0v) is 5.45. The van der Waals surface area contributed by atoms with Crippen molar-refractivity contribution < 1.29 is 8.78 Å². The number of allylic oxidation sites excluding steroid dienone is 2. The molecule has 0 radical (unpaired) electrons. The minimum Gasteiger partial charge on any atom is -0.202 e. The largest absolute Gasteiger partial charge is 0.266 e. The monoisotopic (exact) mass is 132 g/mol. The molecule has 0 heterocycles. The van der Waals surface area contributed by atoms with Gasteiger partial charge >= 0.3 is 0 Å². The van der Waals surface area contributed by atoms with Gasteiger partial charge in [0, 0.05) is 6.92 Å². The van der Waals surface area contributed by atoms with E-state index in [0.717, 1.165) is 19.8 Å². The van der Waals surface area contributed by atoms with E-state index in [2.05, 4.69) is 0 Å². The lowest BCUT2D eigenvalue weighted by Crippen LogP contribution is -2.11. The minimum absolute atomic E-state index is 0.322. The van der Waals surface area contributed by atoms with Crippen molar-refractivity contribution in [3.63, 3.8) is 0 Å². The first-order valence-electron chi connectivity index (χ1n) is 3.18.